The second-order valence-electron chi connectivity index (χ2n) is 7.59. The van der Waals surface area contributed by atoms with Crippen LogP contribution in [0, 0.1) is 5.92 Å². The zero-order chi connectivity index (χ0) is 15.5. The molecule has 2 aliphatic heterocycles. The molecular formula is C16H31N3O2. The third-order valence-corrected chi connectivity index (χ3v) is 4.26. The van der Waals surface area contributed by atoms with Crippen LogP contribution in [-0.4, -0.2) is 67.3 Å². The topological polar surface area (TPSA) is 44.8 Å². The number of piperidine rings is 1. The van der Waals surface area contributed by atoms with Crippen molar-refractivity contribution in [3.05, 3.63) is 0 Å². The monoisotopic (exact) mass is 297 g/mol. The van der Waals surface area contributed by atoms with Crippen molar-refractivity contribution in [1.29, 1.82) is 0 Å². The molecule has 0 spiro atoms. The first-order valence-corrected chi connectivity index (χ1v) is 8.23. The highest BCUT2D eigenvalue weighted by Crippen LogP contribution is 2.17. The van der Waals surface area contributed by atoms with Gasteiger partial charge in [0.25, 0.3) is 0 Å². The molecule has 2 atom stereocenters. The number of nitrogens with zero attached hydrogens (tertiary/aromatic N) is 2. The van der Waals surface area contributed by atoms with Crippen LogP contribution in [0.15, 0.2) is 0 Å². The summed E-state index contributed by atoms with van der Waals surface area (Å²) in [5.74, 6) is 0.756. The Hall–Kier alpha value is -0.810. The molecule has 2 rings (SSSR count). The van der Waals surface area contributed by atoms with E-state index in [1.807, 2.05) is 25.7 Å². The van der Waals surface area contributed by atoms with E-state index in [0.717, 1.165) is 38.4 Å². The van der Waals surface area contributed by atoms with E-state index in [9.17, 15) is 4.79 Å². The molecule has 5 heteroatoms. The predicted octanol–water partition coefficient (Wildman–Crippen LogP) is 1.93. The number of carbonyl (C=O) groups is 1. The number of amides is 1. The van der Waals surface area contributed by atoms with E-state index in [1.165, 1.54) is 19.5 Å². The molecule has 0 aliphatic carbocycles. The number of likely N-dealkylation sites (tertiary alicyclic amines) is 2. The average Bonchev–Trinajstić information content (AvgIpc) is 2.81. The quantitative estimate of drug-likeness (QED) is 0.864. The van der Waals surface area contributed by atoms with E-state index >= 15 is 0 Å². The SMILES string of the molecule is CN1CCC(CNC2CCCN(C(=O)OC(C)(C)C)C2)C1. The molecule has 0 radical (unpaired) electrons. The van der Waals surface area contributed by atoms with Gasteiger partial charge in [-0.15, -0.1) is 0 Å². The zero-order valence-corrected chi connectivity index (χ0v) is 14.0. The lowest BCUT2D eigenvalue weighted by Crippen LogP contribution is -2.50. The minimum Gasteiger partial charge on any atom is -0.444 e. The molecule has 5 nitrogen and oxygen atoms in total. The lowest BCUT2D eigenvalue weighted by atomic mass is 10.0. The summed E-state index contributed by atoms with van der Waals surface area (Å²) in [4.78, 5) is 16.4. The van der Waals surface area contributed by atoms with Crippen LogP contribution in [0.4, 0.5) is 4.79 Å². The molecule has 2 saturated heterocycles. The van der Waals surface area contributed by atoms with Crippen LogP contribution in [0.25, 0.3) is 0 Å². The summed E-state index contributed by atoms with van der Waals surface area (Å²) in [5.41, 5.74) is -0.411. The third-order valence-electron chi connectivity index (χ3n) is 4.26. The Morgan fingerprint density at radius 1 is 1.24 bits per heavy atom. The summed E-state index contributed by atoms with van der Waals surface area (Å²) in [6.45, 7) is 10.8. The lowest BCUT2D eigenvalue weighted by molar-refractivity contribution is 0.0186. The molecule has 1 N–H and O–H groups in total. The zero-order valence-electron chi connectivity index (χ0n) is 14.0. The largest absolute Gasteiger partial charge is 0.444 e. The van der Waals surface area contributed by atoms with Gasteiger partial charge in [-0.1, -0.05) is 0 Å². The number of ether oxygens (including phenoxy) is 1. The highest BCUT2D eigenvalue weighted by molar-refractivity contribution is 5.68. The average molecular weight is 297 g/mol. The van der Waals surface area contributed by atoms with Gasteiger partial charge >= 0.3 is 6.09 Å². The van der Waals surface area contributed by atoms with Crippen molar-refractivity contribution in [2.45, 2.75) is 51.7 Å². The fraction of sp³-hybridized carbons (Fsp3) is 0.938. The van der Waals surface area contributed by atoms with E-state index in [0.29, 0.717) is 6.04 Å². The maximum Gasteiger partial charge on any atom is 0.410 e. The Morgan fingerprint density at radius 3 is 2.62 bits per heavy atom. The summed E-state index contributed by atoms with van der Waals surface area (Å²) in [6.07, 6.45) is 3.32. The normalized spacial score (nSPS) is 27.9. The molecule has 0 bridgehead atoms. The highest BCUT2D eigenvalue weighted by atomic mass is 16.6. The molecule has 0 aromatic heterocycles. The van der Waals surface area contributed by atoms with Crippen LogP contribution in [0.5, 0.6) is 0 Å². The molecule has 2 fully saturated rings. The van der Waals surface area contributed by atoms with Gasteiger partial charge in [-0.25, -0.2) is 4.79 Å². The Balaban J connectivity index is 1.74. The van der Waals surface area contributed by atoms with E-state index in [1.54, 1.807) is 0 Å². The van der Waals surface area contributed by atoms with E-state index < -0.39 is 5.60 Å². The minimum absolute atomic E-state index is 0.172. The van der Waals surface area contributed by atoms with Crippen molar-refractivity contribution in [2.24, 2.45) is 5.92 Å². The molecule has 2 heterocycles. The molecule has 0 aromatic rings. The van der Waals surface area contributed by atoms with Crippen LogP contribution >= 0.6 is 0 Å². The number of hydrogen-bond acceptors (Lipinski definition) is 4. The fourth-order valence-electron chi connectivity index (χ4n) is 3.16. The molecule has 2 unspecified atom stereocenters. The van der Waals surface area contributed by atoms with Gasteiger partial charge in [0.2, 0.25) is 0 Å². The van der Waals surface area contributed by atoms with Gasteiger partial charge in [0.05, 0.1) is 0 Å². The summed E-state index contributed by atoms with van der Waals surface area (Å²) in [5, 5.41) is 3.66. The number of hydrogen-bond donors (Lipinski definition) is 1. The summed E-state index contributed by atoms with van der Waals surface area (Å²) >= 11 is 0. The van der Waals surface area contributed by atoms with Gasteiger partial charge in [-0.2, -0.15) is 0 Å². The van der Waals surface area contributed by atoms with Crippen molar-refractivity contribution >= 4 is 6.09 Å². The van der Waals surface area contributed by atoms with Gasteiger partial charge in [0.15, 0.2) is 0 Å². The van der Waals surface area contributed by atoms with Crippen molar-refractivity contribution in [1.82, 2.24) is 15.1 Å². The van der Waals surface area contributed by atoms with Crippen molar-refractivity contribution in [3.63, 3.8) is 0 Å². The first-order chi connectivity index (χ1) is 9.83. The molecule has 2 aliphatic rings. The maximum absolute atomic E-state index is 12.1. The second kappa shape index (κ2) is 6.97. The van der Waals surface area contributed by atoms with Crippen molar-refractivity contribution < 1.29 is 9.53 Å². The van der Waals surface area contributed by atoms with Gasteiger partial charge < -0.3 is 19.9 Å². The van der Waals surface area contributed by atoms with Crippen LogP contribution in [-0.2, 0) is 4.74 Å². The van der Waals surface area contributed by atoms with E-state index in [-0.39, 0.29) is 6.09 Å². The molecular weight excluding hydrogens is 266 g/mol. The van der Waals surface area contributed by atoms with Gasteiger partial charge in [-0.3, -0.25) is 0 Å². The van der Waals surface area contributed by atoms with Gasteiger partial charge in [-0.05, 0) is 66.1 Å². The Kier molecular flexibility index (Phi) is 5.49. The maximum atomic E-state index is 12.1. The lowest BCUT2D eigenvalue weighted by Gasteiger charge is -2.35. The summed E-state index contributed by atoms with van der Waals surface area (Å²) in [6, 6.07) is 0.414. The molecule has 21 heavy (non-hydrogen) atoms. The smallest absolute Gasteiger partial charge is 0.410 e. The van der Waals surface area contributed by atoms with Crippen LogP contribution in [0.1, 0.15) is 40.0 Å². The molecule has 1 amide bonds. The minimum atomic E-state index is -0.411. The van der Waals surface area contributed by atoms with Gasteiger partial charge in [0, 0.05) is 25.7 Å². The predicted molar refractivity (Wildman–Crippen MR) is 84.4 cm³/mol. The Labute approximate surface area is 129 Å². The number of rotatable bonds is 3. The summed E-state index contributed by atoms with van der Waals surface area (Å²) in [7, 11) is 2.19. The Bertz CT molecular complexity index is 354. The molecule has 0 saturated carbocycles. The second-order valence-corrected chi connectivity index (χ2v) is 7.59. The first-order valence-electron chi connectivity index (χ1n) is 8.23. The van der Waals surface area contributed by atoms with Crippen LogP contribution in [0.2, 0.25) is 0 Å². The Morgan fingerprint density at radius 2 is 2.00 bits per heavy atom. The fourth-order valence-corrected chi connectivity index (χ4v) is 3.16. The van der Waals surface area contributed by atoms with Crippen LogP contribution in [0.3, 0.4) is 0 Å². The number of nitrogens with one attached hydrogen (secondary N) is 1. The molecule has 0 aromatic carbocycles. The molecule has 122 valence electrons. The standard InChI is InChI=1S/C16H31N3O2/c1-16(2,3)21-15(20)19-8-5-6-14(12-19)17-10-13-7-9-18(4)11-13/h13-14,17H,5-12H2,1-4H3. The first kappa shape index (κ1) is 16.6. The van der Waals surface area contributed by atoms with Gasteiger partial charge in [0.1, 0.15) is 5.60 Å². The summed E-state index contributed by atoms with van der Waals surface area (Å²) < 4.78 is 5.47. The highest BCUT2D eigenvalue weighted by Gasteiger charge is 2.28. The van der Waals surface area contributed by atoms with Crippen molar-refractivity contribution in [3.8, 4) is 0 Å². The van der Waals surface area contributed by atoms with Crippen molar-refractivity contribution in [2.75, 3.05) is 39.8 Å². The van der Waals surface area contributed by atoms with E-state index in [2.05, 4.69) is 17.3 Å². The third kappa shape index (κ3) is 5.47. The van der Waals surface area contributed by atoms with Crippen LogP contribution < -0.4 is 5.32 Å². The number of carbonyl (C=O) groups excluding carboxylic acids is 1. The van der Waals surface area contributed by atoms with E-state index in [4.69, 9.17) is 4.74 Å².